The van der Waals surface area contributed by atoms with Crippen LogP contribution in [-0.2, 0) is 14.3 Å². The van der Waals surface area contributed by atoms with Gasteiger partial charge in [0.1, 0.15) is 6.61 Å². The van der Waals surface area contributed by atoms with E-state index in [2.05, 4.69) is 12.2 Å². The molecule has 0 bridgehead atoms. The molecular weight excluding hydrogens is 246 g/mol. The number of aliphatic hydroxyl groups is 1. The highest BCUT2D eigenvalue weighted by Gasteiger charge is 2.14. The number of hydrogen-bond donors (Lipinski definition) is 2. The molecule has 0 aliphatic heterocycles. The van der Waals surface area contributed by atoms with Crippen LogP contribution in [0.1, 0.15) is 39.5 Å². The number of nitrogens with one attached hydrogen (secondary N) is 1. The molecule has 0 saturated heterocycles. The lowest BCUT2D eigenvalue weighted by atomic mass is 10.1. The molecule has 0 atom stereocenters. The van der Waals surface area contributed by atoms with Crippen molar-refractivity contribution in [2.45, 2.75) is 39.5 Å². The number of aliphatic hydroxyl groups excluding tert-OH is 1. The Bertz CT molecular complexity index is 277. The molecule has 0 unspecified atom stereocenters. The van der Waals surface area contributed by atoms with Gasteiger partial charge in [-0.15, -0.1) is 0 Å². The van der Waals surface area contributed by atoms with Crippen LogP contribution in [0.4, 0.5) is 0 Å². The summed E-state index contributed by atoms with van der Waals surface area (Å²) in [6, 6.07) is 0. The summed E-state index contributed by atoms with van der Waals surface area (Å²) in [6.45, 7) is 5.54. The molecule has 0 aromatic heterocycles. The minimum absolute atomic E-state index is 0.0666. The van der Waals surface area contributed by atoms with Crippen LogP contribution in [0, 0.1) is 0 Å². The number of esters is 1. The summed E-state index contributed by atoms with van der Waals surface area (Å²) in [6.07, 6.45) is 3.24. The van der Waals surface area contributed by atoms with Gasteiger partial charge in [-0.3, -0.25) is 0 Å². The molecule has 0 heterocycles. The third-order valence-corrected chi connectivity index (χ3v) is 2.73. The Morgan fingerprint density at radius 1 is 1.26 bits per heavy atom. The average Bonchev–Trinajstić information content (AvgIpc) is 2.40. The summed E-state index contributed by atoms with van der Waals surface area (Å²) >= 11 is 0. The molecular formula is C14H27NO4. The van der Waals surface area contributed by atoms with E-state index >= 15 is 0 Å². The highest BCUT2D eigenvalue weighted by Crippen LogP contribution is 2.12. The molecule has 0 aliphatic carbocycles. The molecule has 0 radical (unpaired) electrons. The summed E-state index contributed by atoms with van der Waals surface area (Å²) < 4.78 is 9.97. The maximum atomic E-state index is 11.9. The van der Waals surface area contributed by atoms with E-state index in [1.165, 1.54) is 0 Å². The Hall–Kier alpha value is -1.07. The van der Waals surface area contributed by atoms with Gasteiger partial charge in [-0.25, -0.2) is 4.79 Å². The van der Waals surface area contributed by atoms with Gasteiger partial charge in [-0.2, -0.15) is 0 Å². The molecule has 0 spiro atoms. The van der Waals surface area contributed by atoms with Crippen molar-refractivity contribution in [3.63, 3.8) is 0 Å². The lowest BCUT2D eigenvalue weighted by Crippen LogP contribution is -2.20. The van der Waals surface area contributed by atoms with E-state index in [0.29, 0.717) is 25.0 Å². The molecule has 0 aromatic rings. The normalized spacial score (nSPS) is 12.0. The monoisotopic (exact) mass is 273 g/mol. The lowest BCUT2D eigenvalue weighted by Gasteiger charge is -2.13. The van der Waals surface area contributed by atoms with E-state index in [1.807, 2.05) is 6.92 Å². The van der Waals surface area contributed by atoms with Crippen LogP contribution in [0.15, 0.2) is 11.3 Å². The van der Waals surface area contributed by atoms with Crippen molar-refractivity contribution in [3.8, 4) is 0 Å². The van der Waals surface area contributed by atoms with Crippen LogP contribution < -0.4 is 5.32 Å². The quantitative estimate of drug-likeness (QED) is 0.340. The Balaban J connectivity index is 4.47. The van der Waals surface area contributed by atoms with Gasteiger partial charge in [0, 0.05) is 26.0 Å². The van der Waals surface area contributed by atoms with E-state index < -0.39 is 0 Å². The molecule has 19 heavy (non-hydrogen) atoms. The summed E-state index contributed by atoms with van der Waals surface area (Å²) in [4.78, 5) is 11.9. The zero-order valence-corrected chi connectivity index (χ0v) is 12.3. The molecule has 112 valence electrons. The van der Waals surface area contributed by atoms with Gasteiger partial charge in [-0.1, -0.05) is 13.3 Å². The number of ether oxygens (including phenoxy) is 2. The van der Waals surface area contributed by atoms with Crippen LogP contribution in [0.5, 0.6) is 0 Å². The Labute approximate surface area is 116 Å². The van der Waals surface area contributed by atoms with Crippen LogP contribution in [0.25, 0.3) is 0 Å². The van der Waals surface area contributed by atoms with E-state index in [9.17, 15) is 4.79 Å². The fourth-order valence-corrected chi connectivity index (χ4v) is 1.56. The van der Waals surface area contributed by atoms with Crippen LogP contribution in [0.3, 0.4) is 0 Å². The molecule has 2 N–H and O–H groups in total. The van der Waals surface area contributed by atoms with Crippen LogP contribution >= 0.6 is 0 Å². The van der Waals surface area contributed by atoms with Crippen LogP contribution in [0.2, 0.25) is 0 Å². The SMILES string of the molecule is CCCCN/C(C)=C(\CCCO)C(=O)OCCOC. The Kier molecular flexibility index (Phi) is 11.3. The molecule has 0 rings (SSSR count). The predicted molar refractivity (Wildman–Crippen MR) is 74.8 cm³/mol. The predicted octanol–water partition coefficient (Wildman–Crippen LogP) is 1.61. The van der Waals surface area contributed by atoms with Gasteiger partial charge in [-0.05, 0) is 26.2 Å². The highest BCUT2D eigenvalue weighted by atomic mass is 16.6. The average molecular weight is 273 g/mol. The Morgan fingerprint density at radius 3 is 2.58 bits per heavy atom. The molecule has 0 aromatic carbocycles. The first-order chi connectivity index (χ1) is 9.17. The molecule has 0 amide bonds. The van der Waals surface area contributed by atoms with Gasteiger partial charge in [0.15, 0.2) is 0 Å². The number of hydrogen-bond acceptors (Lipinski definition) is 5. The zero-order valence-electron chi connectivity index (χ0n) is 12.3. The first kappa shape index (κ1) is 17.9. The maximum Gasteiger partial charge on any atom is 0.335 e. The van der Waals surface area contributed by atoms with Crippen molar-refractivity contribution in [3.05, 3.63) is 11.3 Å². The van der Waals surface area contributed by atoms with Gasteiger partial charge in [0.25, 0.3) is 0 Å². The summed E-state index contributed by atoms with van der Waals surface area (Å²) in [5.41, 5.74) is 1.45. The van der Waals surface area contributed by atoms with Crippen molar-refractivity contribution in [1.82, 2.24) is 5.32 Å². The maximum absolute atomic E-state index is 11.9. The minimum atomic E-state index is -0.327. The fraction of sp³-hybridized carbons (Fsp3) is 0.786. The number of rotatable bonds is 11. The highest BCUT2D eigenvalue weighted by molar-refractivity contribution is 5.89. The second-order valence-electron chi connectivity index (χ2n) is 4.34. The first-order valence-corrected chi connectivity index (χ1v) is 6.87. The molecule has 0 saturated carbocycles. The number of unbranched alkanes of at least 4 members (excludes halogenated alkanes) is 1. The summed E-state index contributed by atoms with van der Waals surface area (Å²) in [7, 11) is 1.56. The molecule has 0 fully saturated rings. The van der Waals surface area contributed by atoms with Gasteiger partial charge < -0.3 is 19.9 Å². The topological polar surface area (TPSA) is 67.8 Å². The number of carbonyl (C=O) groups is 1. The second-order valence-corrected chi connectivity index (χ2v) is 4.34. The van der Waals surface area contributed by atoms with Crippen molar-refractivity contribution < 1.29 is 19.4 Å². The third kappa shape index (κ3) is 8.61. The summed E-state index contributed by atoms with van der Waals surface area (Å²) in [5, 5.41) is 12.1. The molecule has 5 heteroatoms. The largest absolute Gasteiger partial charge is 0.460 e. The standard InChI is InChI=1S/C14H27NO4/c1-4-5-8-15-12(2)13(7-6-9-16)14(17)19-11-10-18-3/h15-16H,4-11H2,1-3H3/b13-12+. The summed E-state index contributed by atoms with van der Waals surface area (Å²) in [5.74, 6) is -0.327. The van der Waals surface area contributed by atoms with Gasteiger partial charge in [0.2, 0.25) is 0 Å². The first-order valence-electron chi connectivity index (χ1n) is 6.87. The lowest BCUT2D eigenvalue weighted by molar-refractivity contribution is -0.140. The molecule has 5 nitrogen and oxygen atoms in total. The van der Waals surface area contributed by atoms with Crippen molar-refractivity contribution >= 4 is 5.97 Å². The Morgan fingerprint density at radius 2 is 2.00 bits per heavy atom. The minimum Gasteiger partial charge on any atom is -0.460 e. The van der Waals surface area contributed by atoms with Crippen molar-refractivity contribution in [2.75, 3.05) is 33.5 Å². The second kappa shape index (κ2) is 12.0. The van der Waals surface area contributed by atoms with Crippen molar-refractivity contribution in [2.24, 2.45) is 0 Å². The van der Waals surface area contributed by atoms with E-state index in [1.54, 1.807) is 7.11 Å². The number of allylic oxidation sites excluding steroid dienone is 1. The van der Waals surface area contributed by atoms with E-state index in [-0.39, 0.29) is 19.2 Å². The number of methoxy groups -OCH3 is 1. The smallest absolute Gasteiger partial charge is 0.335 e. The number of carbonyl (C=O) groups excluding carboxylic acids is 1. The fourth-order valence-electron chi connectivity index (χ4n) is 1.56. The zero-order chi connectivity index (χ0) is 14.5. The van der Waals surface area contributed by atoms with E-state index in [4.69, 9.17) is 14.6 Å². The van der Waals surface area contributed by atoms with Crippen LogP contribution in [-0.4, -0.2) is 44.6 Å². The van der Waals surface area contributed by atoms with E-state index in [0.717, 1.165) is 25.1 Å². The third-order valence-electron chi connectivity index (χ3n) is 2.73. The van der Waals surface area contributed by atoms with Crippen molar-refractivity contribution in [1.29, 1.82) is 0 Å². The van der Waals surface area contributed by atoms with Gasteiger partial charge in [0.05, 0.1) is 12.2 Å². The molecule has 0 aliphatic rings. The van der Waals surface area contributed by atoms with Gasteiger partial charge >= 0.3 is 5.97 Å².